The molecule has 1 amide bonds. The number of likely N-dealkylation sites (N-methyl/N-ethyl adjacent to an activating group) is 1. The SMILES string of the molecule is CNC1CCCN(CC(C)(O)CC(C)C)C1=O. The summed E-state index contributed by atoms with van der Waals surface area (Å²) in [6.45, 7) is 7.21. The maximum absolute atomic E-state index is 12.1. The molecule has 0 saturated carbocycles. The van der Waals surface area contributed by atoms with Gasteiger partial charge in [0.25, 0.3) is 0 Å². The van der Waals surface area contributed by atoms with Gasteiger partial charge in [-0.05, 0) is 39.2 Å². The predicted octanol–water partition coefficient (Wildman–Crippen LogP) is 0.994. The van der Waals surface area contributed by atoms with E-state index in [1.54, 1.807) is 4.90 Å². The number of amides is 1. The lowest BCUT2D eigenvalue weighted by Gasteiger charge is -2.37. The minimum Gasteiger partial charge on any atom is -0.388 e. The molecule has 1 rings (SSSR count). The van der Waals surface area contributed by atoms with E-state index >= 15 is 0 Å². The molecule has 1 saturated heterocycles. The van der Waals surface area contributed by atoms with Gasteiger partial charge in [-0.1, -0.05) is 13.8 Å². The number of carbonyl (C=O) groups excluding carboxylic acids is 1. The molecule has 1 aliphatic rings. The highest BCUT2D eigenvalue weighted by atomic mass is 16.3. The largest absolute Gasteiger partial charge is 0.388 e. The molecular formula is C13H26N2O2. The fourth-order valence-corrected chi connectivity index (χ4v) is 2.72. The first-order valence-corrected chi connectivity index (χ1v) is 6.54. The van der Waals surface area contributed by atoms with Crippen molar-refractivity contribution in [3.05, 3.63) is 0 Å². The lowest BCUT2D eigenvalue weighted by molar-refractivity contribution is -0.139. The van der Waals surface area contributed by atoms with Crippen LogP contribution in [0.1, 0.15) is 40.0 Å². The predicted molar refractivity (Wildman–Crippen MR) is 68.7 cm³/mol. The van der Waals surface area contributed by atoms with Crippen molar-refractivity contribution in [3.8, 4) is 0 Å². The van der Waals surface area contributed by atoms with Gasteiger partial charge in [-0.3, -0.25) is 4.79 Å². The molecule has 4 heteroatoms. The van der Waals surface area contributed by atoms with E-state index in [0.717, 1.165) is 25.8 Å². The van der Waals surface area contributed by atoms with Crippen LogP contribution in [0.5, 0.6) is 0 Å². The quantitative estimate of drug-likeness (QED) is 0.756. The van der Waals surface area contributed by atoms with Crippen molar-refractivity contribution in [3.63, 3.8) is 0 Å². The summed E-state index contributed by atoms with van der Waals surface area (Å²) in [5.74, 6) is 0.563. The number of carbonyl (C=O) groups is 1. The Balaban J connectivity index is 2.58. The number of hydrogen-bond donors (Lipinski definition) is 2. The first kappa shape index (κ1) is 14.5. The average molecular weight is 242 g/mol. The highest BCUT2D eigenvalue weighted by Crippen LogP contribution is 2.20. The Labute approximate surface area is 104 Å². The number of likely N-dealkylation sites (tertiary alicyclic amines) is 1. The summed E-state index contributed by atoms with van der Waals surface area (Å²) in [4.78, 5) is 13.9. The lowest BCUT2D eigenvalue weighted by Crippen LogP contribution is -2.54. The number of rotatable bonds is 5. The molecule has 0 spiro atoms. The summed E-state index contributed by atoms with van der Waals surface area (Å²) in [6.07, 6.45) is 2.63. The van der Waals surface area contributed by atoms with Gasteiger partial charge < -0.3 is 15.3 Å². The molecule has 0 aromatic carbocycles. The van der Waals surface area contributed by atoms with Gasteiger partial charge in [0.15, 0.2) is 0 Å². The second kappa shape index (κ2) is 5.83. The second-order valence-electron chi connectivity index (χ2n) is 5.84. The van der Waals surface area contributed by atoms with Crippen LogP contribution in [0, 0.1) is 5.92 Å². The van der Waals surface area contributed by atoms with Gasteiger partial charge >= 0.3 is 0 Å². The van der Waals surface area contributed by atoms with E-state index in [-0.39, 0.29) is 11.9 Å². The van der Waals surface area contributed by atoms with E-state index in [1.165, 1.54) is 0 Å². The number of nitrogens with zero attached hydrogens (tertiary/aromatic N) is 1. The van der Waals surface area contributed by atoms with Crippen LogP contribution < -0.4 is 5.32 Å². The molecule has 2 N–H and O–H groups in total. The molecule has 0 aliphatic carbocycles. The molecule has 100 valence electrons. The van der Waals surface area contributed by atoms with Gasteiger partial charge in [0, 0.05) is 13.1 Å². The number of piperidine rings is 1. The fraction of sp³-hybridized carbons (Fsp3) is 0.923. The maximum atomic E-state index is 12.1. The summed E-state index contributed by atoms with van der Waals surface area (Å²) in [5.41, 5.74) is -0.778. The molecule has 1 heterocycles. The molecule has 0 bridgehead atoms. The van der Waals surface area contributed by atoms with Crippen molar-refractivity contribution >= 4 is 5.91 Å². The van der Waals surface area contributed by atoms with Gasteiger partial charge in [-0.2, -0.15) is 0 Å². The molecule has 0 radical (unpaired) electrons. The van der Waals surface area contributed by atoms with E-state index in [0.29, 0.717) is 12.5 Å². The zero-order chi connectivity index (χ0) is 13.1. The first-order valence-electron chi connectivity index (χ1n) is 6.54. The Morgan fingerprint density at radius 2 is 2.24 bits per heavy atom. The fourth-order valence-electron chi connectivity index (χ4n) is 2.72. The zero-order valence-corrected chi connectivity index (χ0v) is 11.5. The standard InChI is InChI=1S/C13H26N2O2/c1-10(2)8-13(3,17)9-15-7-5-6-11(14-4)12(15)16/h10-11,14,17H,5-9H2,1-4H3. The average Bonchev–Trinajstić information content (AvgIpc) is 2.19. The van der Waals surface area contributed by atoms with Crippen LogP contribution >= 0.6 is 0 Å². The maximum Gasteiger partial charge on any atom is 0.239 e. The summed E-state index contributed by atoms with van der Waals surface area (Å²) < 4.78 is 0. The van der Waals surface area contributed by atoms with Gasteiger partial charge in [0.2, 0.25) is 5.91 Å². The Morgan fingerprint density at radius 3 is 2.76 bits per heavy atom. The van der Waals surface area contributed by atoms with Gasteiger partial charge in [-0.15, -0.1) is 0 Å². The third-order valence-corrected chi connectivity index (χ3v) is 3.26. The summed E-state index contributed by atoms with van der Waals surface area (Å²) in [7, 11) is 1.82. The Hall–Kier alpha value is -0.610. The molecular weight excluding hydrogens is 216 g/mol. The lowest BCUT2D eigenvalue weighted by atomic mass is 9.92. The molecule has 0 aromatic heterocycles. The van der Waals surface area contributed by atoms with Crippen molar-refractivity contribution in [2.24, 2.45) is 5.92 Å². The molecule has 1 aliphatic heterocycles. The Morgan fingerprint density at radius 1 is 1.59 bits per heavy atom. The molecule has 0 aromatic rings. The number of hydrogen-bond acceptors (Lipinski definition) is 3. The van der Waals surface area contributed by atoms with Gasteiger partial charge in [0.05, 0.1) is 11.6 Å². The minimum absolute atomic E-state index is 0.0707. The Bertz CT molecular complexity index is 264. The van der Waals surface area contributed by atoms with Crippen LogP contribution in [-0.4, -0.2) is 47.7 Å². The summed E-state index contributed by atoms with van der Waals surface area (Å²) >= 11 is 0. The van der Waals surface area contributed by atoms with Crippen LogP contribution in [0.15, 0.2) is 0 Å². The number of aliphatic hydroxyl groups is 1. The van der Waals surface area contributed by atoms with Crippen molar-refractivity contribution in [2.75, 3.05) is 20.1 Å². The van der Waals surface area contributed by atoms with E-state index in [4.69, 9.17) is 0 Å². The van der Waals surface area contributed by atoms with Crippen molar-refractivity contribution < 1.29 is 9.90 Å². The highest BCUT2D eigenvalue weighted by molar-refractivity contribution is 5.82. The third-order valence-electron chi connectivity index (χ3n) is 3.26. The van der Waals surface area contributed by atoms with Crippen molar-refractivity contribution in [2.45, 2.75) is 51.7 Å². The highest BCUT2D eigenvalue weighted by Gasteiger charge is 2.32. The normalized spacial score (nSPS) is 25.2. The van der Waals surface area contributed by atoms with Crippen LogP contribution in [0.25, 0.3) is 0 Å². The molecule has 2 atom stereocenters. The summed E-state index contributed by atoms with van der Waals surface area (Å²) in [5, 5.41) is 13.3. The van der Waals surface area contributed by atoms with Gasteiger partial charge in [-0.25, -0.2) is 0 Å². The van der Waals surface area contributed by atoms with Crippen LogP contribution in [0.3, 0.4) is 0 Å². The van der Waals surface area contributed by atoms with Crippen molar-refractivity contribution in [1.82, 2.24) is 10.2 Å². The second-order valence-corrected chi connectivity index (χ2v) is 5.84. The molecule has 1 fully saturated rings. The zero-order valence-electron chi connectivity index (χ0n) is 11.5. The van der Waals surface area contributed by atoms with Crippen molar-refractivity contribution in [1.29, 1.82) is 0 Å². The molecule has 4 nitrogen and oxygen atoms in total. The smallest absolute Gasteiger partial charge is 0.239 e. The van der Waals surface area contributed by atoms with E-state index < -0.39 is 5.60 Å². The van der Waals surface area contributed by atoms with Crippen LogP contribution in [-0.2, 0) is 4.79 Å². The van der Waals surface area contributed by atoms with Crippen LogP contribution in [0.2, 0.25) is 0 Å². The topological polar surface area (TPSA) is 52.6 Å². The van der Waals surface area contributed by atoms with Crippen LogP contribution in [0.4, 0.5) is 0 Å². The van der Waals surface area contributed by atoms with Gasteiger partial charge in [0.1, 0.15) is 0 Å². The van der Waals surface area contributed by atoms with E-state index in [9.17, 15) is 9.90 Å². The minimum atomic E-state index is -0.778. The Kier molecular flexibility index (Phi) is 4.95. The monoisotopic (exact) mass is 242 g/mol. The van der Waals surface area contributed by atoms with E-state index in [1.807, 2.05) is 14.0 Å². The third kappa shape index (κ3) is 4.28. The number of nitrogens with one attached hydrogen (secondary N) is 1. The first-order chi connectivity index (χ1) is 7.85. The molecule has 2 unspecified atom stereocenters. The number of β-amino-alcohol motifs (C(OH)–C–C–N with tert-alkyl or cyclic N) is 1. The summed E-state index contributed by atoms with van der Waals surface area (Å²) in [6, 6.07) is -0.0707. The van der Waals surface area contributed by atoms with E-state index in [2.05, 4.69) is 19.2 Å². The molecule has 17 heavy (non-hydrogen) atoms.